The number of imidazole rings is 1. The van der Waals surface area contributed by atoms with E-state index < -0.39 is 17.4 Å². The van der Waals surface area contributed by atoms with Crippen molar-refractivity contribution in [2.45, 2.75) is 37.9 Å². The van der Waals surface area contributed by atoms with Gasteiger partial charge in [-0.15, -0.1) is 0 Å². The molecule has 18 heavy (non-hydrogen) atoms. The average Bonchev–Trinajstić information content (AvgIpc) is 2.55. The van der Waals surface area contributed by atoms with E-state index in [1.165, 1.54) is 0 Å². The molecule has 1 rings (SSSR count). The van der Waals surface area contributed by atoms with Crippen LogP contribution in [-0.2, 0) is 15.1 Å². The molecular formula is C11H17N3O3S. The van der Waals surface area contributed by atoms with E-state index in [0.717, 1.165) is 17.5 Å². The lowest BCUT2D eigenvalue weighted by Gasteiger charge is -2.26. The summed E-state index contributed by atoms with van der Waals surface area (Å²) in [6, 6.07) is 0. The molecule has 0 aliphatic carbocycles. The highest BCUT2D eigenvalue weighted by Crippen LogP contribution is 2.27. The highest BCUT2D eigenvalue weighted by Gasteiger charge is 2.26. The first-order chi connectivity index (χ1) is 8.22. The van der Waals surface area contributed by atoms with E-state index >= 15 is 0 Å². The van der Waals surface area contributed by atoms with Gasteiger partial charge in [-0.25, -0.2) is 4.98 Å². The summed E-state index contributed by atoms with van der Waals surface area (Å²) >= 11 is 1.13. The number of carboxylic acids is 1. The Labute approximate surface area is 110 Å². The minimum absolute atomic E-state index is 0.0664. The largest absolute Gasteiger partial charge is 0.481 e. The zero-order valence-electron chi connectivity index (χ0n) is 10.6. The Balaban J connectivity index is 2.99. The van der Waals surface area contributed by atoms with Gasteiger partial charge in [0.15, 0.2) is 5.16 Å². The van der Waals surface area contributed by atoms with Gasteiger partial charge in [0.25, 0.3) is 0 Å². The molecule has 0 radical (unpaired) electrons. The van der Waals surface area contributed by atoms with E-state index in [2.05, 4.69) is 4.98 Å². The fraction of sp³-hybridized carbons (Fsp3) is 0.545. The number of nitrogens with two attached hydrogens (primary N) is 1. The van der Waals surface area contributed by atoms with Gasteiger partial charge in [0.1, 0.15) is 0 Å². The number of aryl methyl sites for hydroxylation is 1. The number of amides is 1. The molecule has 100 valence electrons. The van der Waals surface area contributed by atoms with Crippen molar-refractivity contribution in [1.82, 2.24) is 9.55 Å². The summed E-state index contributed by atoms with van der Waals surface area (Å²) in [4.78, 5) is 25.9. The van der Waals surface area contributed by atoms with Crippen molar-refractivity contribution in [3.05, 3.63) is 11.9 Å². The number of hydrogen-bond donors (Lipinski definition) is 2. The lowest BCUT2D eigenvalue weighted by molar-refractivity contribution is -0.134. The van der Waals surface area contributed by atoms with Crippen molar-refractivity contribution < 1.29 is 14.7 Å². The van der Waals surface area contributed by atoms with Gasteiger partial charge in [0, 0.05) is 18.2 Å². The van der Waals surface area contributed by atoms with Crippen LogP contribution in [0.1, 0.15) is 26.0 Å². The molecule has 1 heterocycles. The minimum Gasteiger partial charge on any atom is -0.481 e. The van der Waals surface area contributed by atoms with Crippen LogP contribution in [-0.4, -0.2) is 32.3 Å². The molecule has 0 saturated carbocycles. The van der Waals surface area contributed by atoms with Gasteiger partial charge in [-0.05, 0) is 20.8 Å². The third kappa shape index (κ3) is 3.76. The standard InChI is InChI=1S/C11H17N3O3S/c1-7-5-14(11(2,3)4-8(12)15)10(13-7)18-6-9(16)17/h5H,4,6H2,1-3H3,(H2,12,15)(H,16,17). The van der Waals surface area contributed by atoms with Crippen molar-refractivity contribution in [2.24, 2.45) is 5.73 Å². The Bertz CT molecular complexity index is 468. The second-order valence-corrected chi connectivity index (χ2v) is 5.62. The molecule has 0 unspecified atom stereocenters. The van der Waals surface area contributed by atoms with Gasteiger partial charge < -0.3 is 15.4 Å². The Morgan fingerprint density at radius 2 is 2.17 bits per heavy atom. The van der Waals surface area contributed by atoms with E-state index in [1.807, 2.05) is 20.8 Å². The second kappa shape index (κ2) is 5.43. The van der Waals surface area contributed by atoms with Crippen LogP contribution in [0.3, 0.4) is 0 Å². The Hall–Kier alpha value is -1.50. The number of aromatic nitrogens is 2. The van der Waals surface area contributed by atoms with Gasteiger partial charge in [0.05, 0.1) is 11.4 Å². The third-order valence-electron chi connectivity index (χ3n) is 2.38. The summed E-state index contributed by atoms with van der Waals surface area (Å²) < 4.78 is 1.81. The maximum absolute atomic E-state index is 11.1. The van der Waals surface area contributed by atoms with Crippen LogP contribution in [0.15, 0.2) is 11.4 Å². The third-order valence-corrected chi connectivity index (χ3v) is 3.32. The summed E-state index contributed by atoms with van der Waals surface area (Å²) in [6.07, 6.45) is 1.97. The smallest absolute Gasteiger partial charge is 0.313 e. The maximum Gasteiger partial charge on any atom is 0.313 e. The van der Waals surface area contributed by atoms with E-state index in [-0.39, 0.29) is 12.2 Å². The van der Waals surface area contributed by atoms with Gasteiger partial charge in [-0.3, -0.25) is 9.59 Å². The molecule has 0 bridgehead atoms. The Morgan fingerprint density at radius 1 is 1.56 bits per heavy atom. The quantitative estimate of drug-likeness (QED) is 0.751. The van der Waals surface area contributed by atoms with Crippen LogP contribution in [0.2, 0.25) is 0 Å². The normalized spacial score (nSPS) is 11.5. The molecule has 0 aliphatic heterocycles. The molecule has 1 amide bonds. The van der Waals surface area contributed by atoms with E-state index in [9.17, 15) is 9.59 Å². The zero-order valence-corrected chi connectivity index (χ0v) is 11.5. The van der Waals surface area contributed by atoms with Crippen molar-refractivity contribution in [3.63, 3.8) is 0 Å². The monoisotopic (exact) mass is 271 g/mol. The first-order valence-corrected chi connectivity index (χ1v) is 6.40. The number of aliphatic carboxylic acids is 1. The van der Waals surface area contributed by atoms with Gasteiger partial charge in [-0.1, -0.05) is 11.8 Å². The predicted molar refractivity (Wildman–Crippen MR) is 68.5 cm³/mol. The van der Waals surface area contributed by atoms with Crippen molar-refractivity contribution in [2.75, 3.05) is 5.75 Å². The fourth-order valence-electron chi connectivity index (χ4n) is 1.65. The van der Waals surface area contributed by atoms with Gasteiger partial charge in [0.2, 0.25) is 5.91 Å². The molecule has 0 fully saturated rings. The first-order valence-electron chi connectivity index (χ1n) is 5.42. The highest BCUT2D eigenvalue weighted by molar-refractivity contribution is 7.99. The van der Waals surface area contributed by atoms with Crippen LogP contribution in [0, 0.1) is 6.92 Å². The van der Waals surface area contributed by atoms with Crippen LogP contribution < -0.4 is 5.73 Å². The van der Waals surface area contributed by atoms with E-state index in [4.69, 9.17) is 10.8 Å². The number of primary amides is 1. The fourth-order valence-corrected chi connectivity index (χ4v) is 2.55. The molecule has 0 aliphatic rings. The molecular weight excluding hydrogens is 254 g/mol. The Morgan fingerprint density at radius 3 is 2.67 bits per heavy atom. The van der Waals surface area contributed by atoms with Crippen molar-refractivity contribution in [3.8, 4) is 0 Å². The van der Waals surface area contributed by atoms with Crippen LogP contribution in [0.4, 0.5) is 0 Å². The molecule has 0 saturated heterocycles. The number of carbonyl (C=O) groups is 2. The predicted octanol–water partition coefficient (Wildman–Crippen LogP) is 0.979. The lowest BCUT2D eigenvalue weighted by atomic mass is 10.0. The first kappa shape index (κ1) is 14.6. The SMILES string of the molecule is Cc1cn(C(C)(C)CC(N)=O)c(SCC(=O)O)n1. The summed E-state index contributed by atoms with van der Waals surface area (Å²) in [5, 5.41) is 9.27. The molecule has 0 aromatic carbocycles. The maximum atomic E-state index is 11.1. The van der Waals surface area contributed by atoms with Crippen molar-refractivity contribution >= 4 is 23.6 Å². The summed E-state index contributed by atoms with van der Waals surface area (Å²) in [6.45, 7) is 5.55. The van der Waals surface area contributed by atoms with Gasteiger partial charge >= 0.3 is 5.97 Å². The average molecular weight is 271 g/mol. The van der Waals surface area contributed by atoms with E-state index in [0.29, 0.717) is 5.16 Å². The summed E-state index contributed by atoms with van der Waals surface area (Å²) in [7, 11) is 0. The molecule has 7 heteroatoms. The minimum atomic E-state index is -0.903. The molecule has 6 nitrogen and oxygen atoms in total. The summed E-state index contributed by atoms with van der Waals surface area (Å²) in [5.74, 6) is -1.37. The van der Waals surface area contributed by atoms with Crippen LogP contribution in [0.25, 0.3) is 0 Å². The molecule has 0 spiro atoms. The number of carboxylic acid groups (broad SMARTS) is 1. The van der Waals surface area contributed by atoms with Crippen LogP contribution >= 0.6 is 11.8 Å². The summed E-state index contributed by atoms with van der Waals surface area (Å²) in [5.41, 5.74) is 5.48. The number of hydrogen-bond acceptors (Lipinski definition) is 4. The topological polar surface area (TPSA) is 98.2 Å². The van der Waals surface area contributed by atoms with Gasteiger partial charge in [-0.2, -0.15) is 0 Å². The van der Waals surface area contributed by atoms with Crippen LogP contribution in [0.5, 0.6) is 0 Å². The number of nitrogens with zero attached hydrogens (tertiary/aromatic N) is 2. The number of rotatable bonds is 6. The number of thioether (sulfide) groups is 1. The second-order valence-electron chi connectivity index (χ2n) is 4.67. The van der Waals surface area contributed by atoms with Crippen molar-refractivity contribution in [1.29, 1.82) is 0 Å². The number of carbonyl (C=O) groups excluding carboxylic acids is 1. The molecule has 3 N–H and O–H groups in total. The Kier molecular flexibility index (Phi) is 4.39. The lowest BCUT2D eigenvalue weighted by Crippen LogP contribution is -2.32. The molecule has 1 aromatic rings. The molecule has 1 aromatic heterocycles. The molecule has 0 atom stereocenters. The highest BCUT2D eigenvalue weighted by atomic mass is 32.2. The van der Waals surface area contributed by atoms with E-state index in [1.54, 1.807) is 10.8 Å². The zero-order chi connectivity index (χ0) is 13.9.